The summed E-state index contributed by atoms with van der Waals surface area (Å²) in [6.45, 7) is 0.812. The maximum atomic E-state index is 13.1. The van der Waals surface area contributed by atoms with Crippen LogP contribution in [0.5, 0.6) is 5.75 Å². The van der Waals surface area contributed by atoms with Crippen LogP contribution in [0, 0.1) is 11.3 Å². The summed E-state index contributed by atoms with van der Waals surface area (Å²) in [5.41, 5.74) is 3.24. The highest BCUT2D eigenvalue weighted by Crippen LogP contribution is 2.25. The van der Waals surface area contributed by atoms with E-state index in [0.717, 1.165) is 22.6 Å². The Balaban J connectivity index is 1.62. The normalized spacial score (nSPS) is 12.9. The number of aromatic amines is 1. The predicted octanol–water partition coefficient (Wildman–Crippen LogP) is 1.85. The third-order valence-corrected chi connectivity index (χ3v) is 5.08. The maximum Gasteiger partial charge on any atom is 0.272 e. The SMILES string of the molecule is COc1cccc(-c2cc(C(=O)N3CCc4[nH]c(=O)c(C#N)cc4C3)n(C)n2)c1. The third kappa shape index (κ3) is 3.38. The second-order valence-electron chi connectivity index (χ2n) is 6.87. The van der Waals surface area contributed by atoms with Gasteiger partial charge in [-0.15, -0.1) is 0 Å². The van der Waals surface area contributed by atoms with Crippen molar-refractivity contribution >= 4 is 5.91 Å². The van der Waals surface area contributed by atoms with E-state index in [1.807, 2.05) is 30.3 Å². The number of nitrogens with zero attached hydrogens (tertiary/aromatic N) is 4. The highest BCUT2D eigenvalue weighted by atomic mass is 16.5. The first kappa shape index (κ1) is 18.5. The van der Waals surface area contributed by atoms with Crippen molar-refractivity contribution in [3.05, 3.63) is 69.3 Å². The van der Waals surface area contributed by atoms with Crippen molar-refractivity contribution in [3.63, 3.8) is 0 Å². The lowest BCUT2D eigenvalue weighted by molar-refractivity contribution is 0.0722. The number of aryl methyl sites for hydroxylation is 1. The number of rotatable bonds is 3. The van der Waals surface area contributed by atoms with Crippen LogP contribution in [-0.2, 0) is 20.0 Å². The Hall–Kier alpha value is -3.86. The van der Waals surface area contributed by atoms with Crippen LogP contribution in [0.1, 0.15) is 27.3 Å². The molecule has 8 heteroatoms. The lowest BCUT2D eigenvalue weighted by atomic mass is 10.0. The Morgan fingerprint density at radius 1 is 1.31 bits per heavy atom. The second-order valence-corrected chi connectivity index (χ2v) is 6.87. The van der Waals surface area contributed by atoms with Gasteiger partial charge < -0.3 is 14.6 Å². The van der Waals surface area contributed by atoms with Gasteiger partial charge in [0.1, 0.15) is 23.1 Å². The topological polar surface area (TPSA) is 104 Å². The van der Waals surface area contributed by atoms with Crippen molar-refractivity contribution in [2.75, 3.05) is 13.7 Å². The minimum atomic E-state index is -0.388. The number of hydrogen-bond donors (Lipinski definition) is 1. The van der Waals surface area contributed by atoms with E-state index in [9.17, 15) is 9.59 Å². The number of H-pyrrole nitrogens is 1. The van der Waals surface area contributed by atoms with E-state index in [4.69, 9.17) is 10.00 Å². The number of hydrogen-bond acceptors (Lipinski definition) is 5. The summed E-state index contributed by atoms with van der Waals surface area (Å²) >= 11 is 0. The Bertz CT molecular complexity index is 1200. The molecular formula is C21H19N5O3. The first-order valence-electron chi connectivity index (χ1n) is 9.13. The van der Waals surface area contributed by atoms with Gasteiger partial charge in [-0.2, -0.15) is 10.4 Å². The Kier molecular flexibility index (Phi) is 4.64. The lowest BCUT2D eigenvalue weighted by Crippen LogP contribution is -2.38. The molecule has 3 aromatic rings. The van der Waals surface area contributed by atoms with E-state index in [0.29, 0.717) is 30.9 Å². The van der Waals surface area contributed by atoms with Gasteiger partial charge in [0, 0.05) is 37.8 Å². The molecule has 0 atom stereocenters. The Labute approximate surface area is 167 Å². The molecule has 8 nitrogen and oxygen atoms in total. The molecule has 0 saturated carbocycles. The molecule has 2 aromatic heterocycles. The molecule has 1 aromatic carbocycles. The van der Waals surface area contributed by atoms with Crippen LogP contribution in [-0.4, -0.2) is 39.2 Å². The molecule has 0 saturated heterocycles. The molecule has 0 fully saturated rings. The summed E-state index contributed by atoms with van der Waals surface area (Å²) < 4.78 is 6.83. The summed E-state index contributed by atoms with van der Waals surface area (Å²) in [6.07, 6.45) is 0.530. The number of carbonyl (C=O) groups excluding carboxylic acids is 1. The molecule has 3 heterocycles. The summed E-state index contributed by atoms with van der Waals surface area (Å²) in [5.74, 6) is 0.570. The van der Waals surface area contributed by atoms with Gasteiger partial charge in [0.2, 0.25) is 0 Å². The van der Waals surface area contributed by atoms with E-state index < -0.39 is 0 Å². The molecule has 29 heavy (non-hydrogen) atoms. The predicted molar refractivity (Wildman–Crippen MR) is 105 cm³/mol. The Morgan fingerprint density at radius 2 is 2.14 bits per heavy atom. The van der Waals surface area contributed by atoms with E-state index in [2.05, 4.69) is 10.1 Å². The minimum Gasteiger partial charge on any atom is -0.497 e. The fraction of sp³-hybridized carbons (Fsp3) is 0.238. The largest absolute Gasteiger partial charge is 0.497 e. The van der Waals surface area contributed by atoms with Gasteiger partial charge in [0.15, 0.2) is 0 Å². The highest BCUT2D eigenvalue weighted by molar-refractivity contribution is 5.94. The molecule has 1 aliphatic rings. The summed E-state index contributed by atoms with van der Waals surface area (Å²) in [6, 6.07) is 12.7. The number of pyridine rings is 1. The number of nitriles is 1. The van der Waals surface area contributed by atoms with E-state index in [1.54, 1.807) is 35.9 Å². The smallest absolute Gasteiger partial charge is 0.272 e. The Morgan fingerprint density at radius 3 is 2.90 bits per heavy atom. The third-order valence-electron chi connectivity index (χ3n) is 5.08. The van der Waals surface area contributed by atoms with Gasteiger partial charge in [0.05, 0.1) is 12.8 Å². The summed E-state index contributed by atoms with van der Waals surface area (Å²) in [7, 11) is 3.34. The molecule has 0 radical (unpaired) electrons. The number of fused-ring (bicyclic) bond motifs is 1. The van der Waals surface area contributed by atoms with Crippen molar-refractivity contribution in [3.8, 4) is 23.1 Å². The molecule has 0 bridgehead atoms. The zero-order valence-corrected chi connectivity index (χ0v) is 16.1. The van der Waals surface area contributed by atoms with Gasteiger partial charge in [-0.1, -0.05) is 12.1 Å². The number of amides is 1. The van der Waals surface area contributed by atoms with Crippen LogP contribution >= 0.6 is 0 Å². The number of methoxy groups -OCH3 is 1. The van der Waals surface area contributed by atoms with Crippen LogP contribution in [0.2, 0.25) is 0 Å². The van der Waals surface area contributed by atoms with Crippen molar-refractivity contribution < 1.29 is 9.53 Å². The van der Waals surface area contributed by atoms with Gasteiger partial charge in [-0.05, 0) is 29.8 Å². The fourth-order valence-electron chi connectivity index (χ4n) is 3.52. The van der Waals surface area contributed by atoms with Crippen LogP contribution in [0.3, 0.4) is 0 Å². The fourth-order valence-corrected chi connectivity index (χ4v) is 3.52. The number of aromatic nitrogens is 3. The van der Waals surface area contributed by atoms with Crippen molar-refractivity contribution in [2.45, 2.75) is 13.0 Å². The number of benzene rings is 1. The van der Waals surface area contributed by atoms with Crippen LogP contribution in [0.15, 0.2) is 41.2 Å². The quantitative estimate of drug-likeness (QED) is 0.736. The first-order valence-corrected chi connectivity index (χ1v) is 9.13. The molecule has 0 aliphatic carbocycles. The van der Waals surface area contributed by atoms with E-state index in [1.165, 1.54) is 0 Å². The van der Waals surface area contributed by atoms with Crippen molar-refractivity contribution in [1.29, 1.82) is 5.26 Å². The average molecular weight is 389 g/mol. The van der Waals surface area contributed by atoms with Gasteiger partial charge in [-0.3, -0.25) is 14.3 Å². The first-order chi connectivity index (χ1) is 14.0. The van der Waals surface area contributed by atoms with E-state index >= 15 is 0 Å². The summed E-state index contributed by atoms with van der Waals surface area (Å²) in [4.78, 5) is 29.4. The van der Waals surface area contributed by atoms with Gasteiger partial charge >= 0.3 is 0 Å². The second kappa shape index (κ2) is 7.28. The van der Waals surface area contributed by atoms with Crippen LogP contribution < -0.4 is 10.3 Å². The van der Waals surface area contributed by atoms with E-state index in [-0.39, 0.29) is 17.0 Å². The van der Waals surface area contributed by atoms with Crippen molar-refractivity contribution in [1.82, 2.24) is 19.7 Å². The average Bonchev–Trinajstić information content (AvgIpc) is 3.14. The number of ether oxygens (including phenoxy) is 1. The maximum absolute atomic E-state index is 13.1. The van der Waals surface area contributed by atoms with Gasteiger partial charge in [-0.25, -0.2) is 0 Å². The molecule has 0 unspecified atom stereocenters. The monoisotopic (exact) mass is 389 g/mol. The standard InChI is InChI=1S/C21H19N5O3/c1-25-19(10-18(24-25)13-4-3-5-16(9-13)29-2)21(28)26-7-6-17-15(12-26)8-14(11-22)20(27)23-17/h3-5,8-10H,6-7,12H2,1-2H3,(H,23,27). The molecule has 1 amide bonds. The number of nitrogens with one attached hydrogen (secondary N) is 1. The zero-order chi connectivity index (χ0) is 20.5. The highest BCUT2D eigenvalue weighted by Gasteiger charge is 2.26. The van der Waals surface area contributed by atoms with Crippen LogP contribution in [0.25, 0.3) is 11.3 Å². The molecule has 0 spiro atoms. The van der Waals surface area contributed by atoms with Crippen molar-refractivity contribution in [2.24, 2.45) is 7.05 Å². The molecule has 4 rings (SSSR count). The minimum absolute atomic E-state index is 0.0545. The van der Waals surface area contributed by atoms with Gasteiger partial charge in [0.25, 0.3) is 11.5 Å². The summed E-state index contributed by atoms with van der Waals surface area (Å²) in [5, 5.41) is 13.6. The molecule has 1 aliphatic heterocycles. The molecular weight excluding hydrogens is 370 g/mol. The lowest BCUT2D eigenvalue weighted by Gasteiger charge is -2.28. The molecule has 146 valence electrons. The molecule has 1 N–H and O–H groups in total. The number of carbonyl (C=O) groups is 1. The zero-order valence-electron chi connectivity index (χ0n) is 16.1. The van der Waals surface area contributed by atoms with Crippen LogP contribution in [0.4, 0.5) is 0 Å².